The first-order chi connectivity index (χ1) is 7.32. The second-order valence-electron chi connectivity index (χ2n) is 3.23. The fraction of sp³-hybridized carbons (Fsp3) is 0.444. The van der Waals surface area contributed by atoms with Gasteiger partial charge in [0.25, 0.3) is 15.7 Å². The molecular weight excluding hydrogens is 234 g/mol. The quantitative estimate of drug-likeness (QED) is 0.753. The van der Waals surface area contributed by atoms with Gasteiger partial charge in [-0.1, -0.05) is 6.92 Å². The van der Waals surface area contributed by atoms with Crippen molar-refractivity contribution in [2.45, 2.75) is 31.7 Å². The third-order valence-electron chi connectivity index (χ3n) is 2.27. The van der Waals surface area contributed by atoms with E-state index in [-0.39, 0.29) is 18.5 Å². The number of aromatic hydroxyl groups is 1. The summed E-state index contributed by atoms with van der Waals surface area (Å²) in [6, 6.07) is 1.10. The first kappa shape index (κ1) is 12.7. The van der Waals surface area contributed by atoms with Crippen LogP contribution < -0.4 is 5.56 Å². The molecule has 6 nitrogen and oxygen atoms in total. The average molecular weight is 247 g/mol. The fourth-order valence-electron chi connectivity index (χ4n) is 1.51. The van der Waals surface area contributed by atoms with Crippen LogP contribution in [0.5, 0.6) is 5.88 Å². The molecule has 0 unspecified atom stereocenters. The molecule has 0 saturated heterocycles. The minimum Gasteiger partial charge on any atom is -0.493 e. The van der Waals surface area contributed by atoms with Crippen LogP contribution in [0.3, 0.4) is 0 Å². The molecule has 0 fully saturated rings. The van der Waals surface area contributed by atoms with Gasteiger partial charge in [-0.25, -0.2) is 0 Å². The van der Waals surface area contributed by atoms with E-state index >= 15 is 0 Å². The van der Waals surface area contributed by atoms with Crippen molar-refractivity contribution in [2.24, 2.45) is 0 Å². The van der Waals surface area contributed by atoms with Gasteiger partial charge in [0, 0.05) is 12.6 Å². The maximum absolute atomic E-state index is 11.5. The molecule has 0 atom stereocenters. The Balaban J connectivity index is 3.78. The van der Waals surface area contributed by atoms with E-state index in [1.807, 2.05) is 0 Å². The van der Waals surface area contributed by atoms with Gasteiger partial charge in [-0.3, -0.25) is 13.9 Å². The van der Waals surface area contributed by atoms with Gasteiger partial charge in [-0.2, -0.15) is 8.42 Å². The number of aromatic nitrogens is 1. The monoisotopic (exact) mass is 247 g/mol. The lowest BCUT2D eigenvalue weighted by atomic mass is 10.2. The molecule has 0 bridgehead atoms. The van der Waals surface area contributed by atoms with Crippen LogP contribution in [0.2, 0.25) is 0 Å². The molecule has 1 aromatic rings. The molecule has 0 aliphatic heterocycles. The first-order valence-electron chi connectivity index (χ1n) is 4.76. The smallest absolute Gasteiger partial charge is 0.300 e. The van der Waals surface area contributed by atoms with E-state index < -0.39 is 26.5 Å². The molecule has 0 amide bonds. The van der Waals surface area contributed by atoms with Crippen molar-refractivity contribution >= 4 is 10.1 Å². The number of aryl methyl sites for hydroxylation is 1. The Labute approximate surface area is 92.9 Å². The molecule has 2 N–H and O–H groups in total. The summed E-state index contributed by atoms with van der Waals surface area (Å²) >= 11 is 0. The molecule has 16 heavy (non-hydrogen) atoms. The summed E-state index contributed by atoms with van der Waals surface area (Å²) in [6.07, 6.45) is 0.225. The molecule has 0 aromatic carbocycles. The number of hydrogen-bond donors (Lipinski definition) is 2. The SMILES string of the molecule is CCc1cc(=O)n(CC)c(O)c1S(=O)(=O)O. The van der Waals surface area contributed by atoms with Crippen LogP contribution in [0.15, 0.2) is 15.8 Å². The molecule has 0 aliphatic carbocycles. The molecule has 1 aromatic heterocycles. The van der Waals surface area contributed by atoms with Gasteiger partial charge < -0.3 is 5.11 Å². The molecule has 1 heterocycles. The van der Waals surface area contributed by atoms with Crippen LogP contribution in [-0.2, 0) is 23.1 Å². The Morgan fingerprint density at radius 2 is 1.94 bits per heavy atom. The Morgan fingerprint density at radius 1 is 1.38 bits per heavy atom. The molecule has 0 aliphatic rings. The summed E-state index contributed by atoms with van der Waals surface area (Å²) in [6.45, 7) is 3.33. The van der Waals surface area contributed by atoms with E-state index in [4.69, 9.17) is 4.55 Å². The number of hydrogen-bond acceptors (Lipinski definition) is 4. The summed E-state index contributed by atoms with van der Waals surface area (Å²) in [4.78, 5) is 10.9. The van der Waals surface area contributed by atoms with Crippen molar-refractivity contribution in [2.75, 3.05) is 0 Å². The maximum Gasteiger partial charge on any atom is 0.300 e. The van der Waals surface area contributed by atoms with E-state index in [0.29, 0.717) is 0 Å². The Hall–Kier alpha value is -1.34. The van der Waals surface area contributed by atoms with Gasteiger partial charge in [0.1, 0.15) is 0 Å². The van der Waals surface area contributed by atoms with Crippen molar-refractivity contribution in [1.29, 1.82) is 0 Å². The van der Waals surface area contributed by atoms with Crippen LogP contribution in [0.1, 0.15) is 19.4 Å². The van der Waals surface area contributed by atoms with Crippen molar-refractivity contribution in [3.63, 3.8) is 0 Å². The van der Waals surface area contributed by atoms with Crippen LogP contribution >= 0.6 is 0 Å². The summed E-state index contributed by atoms with van der Waals surface area (Å²) in [5.41, 5.74) is -0.390. The second-order valence-corrected chi connectivity index (χ2v) is 4.59. The zero-order chi connectivity index (χ0) is 12.5. The zero-order valence-electron chi connectivity index (χ0n) is 8.97. The summed E-state index contributed by atoms with van der Waals surface area (Å²) < 4.78 is 32.1. The Morgan fingerprint density at radius 3 is 2.31 bits per heavy atom. The van der Waals surface area contributed by atoms with Crippen LogP contribution in [-0.4, -0.2) is 22.6 Å². The highest BCUT2D eigenvalue weighted by Gasteiger charge is 2.23. The van der Waals surface area contributed by atoms with Crippen molar-refractivity contribution < 1.29 is 18.1 Å². The first-order valence-corrected chi connectivity index (χ1v) is 6.20. The van der Waals surface area contributed by atoms with Gasteiger partial charge in [0.05, 0.1) is 0 Å². The average Bonchev–Trinajstić information content (AvgIpc) is 2.15. The maximum atomic E-state index is 11.5. The predicted molar refractivity (Wildman–Crippen MR) is 57.2 cm³/mol. The number of pyridine rings is 1. The van der Waals surface area contributed by atoms with Crippen molar-refractivity contribution in [3.05, 3.63) is 22.0 Å². The molecule has 90 valence electrons. The van der Waals surface area contributed by atoms with Gasteiger partial charge in [0.15, 0.2) is 4.90 Å². The van der Waals surface area contributed by atoms with E-state index in [1.54, 1.807) is 13.8 Å². The van der Waals surface area contributed by atoms with Gasteiger partial charge in [-0.05, 0) is 18.9 Å². The van der Waals surface area contributed by atoms with E-state index in [0.717, 1.165) is 10.6 Å². The van der Waals surface area contributed by atoms with E-state index in [2.05, 4.69) is 0 Å². The Kier molecular flexibility index (Phi) is 3.39. The van der Waals surface area contributed by atoms with Gasteiger partial charge >= 0.3 is 0 Å². The van der Waals surface area contributed by atoms with Crippen molar-refractivity contribution in [3.8, 4) is 5.88 Å². The van der Waals surface area contributed by atoms with Crippen molar-refractivity contribution in [1.82, 2.24) is 4.57 Å². The largest absolute Gasteiger partial charge is 0.493 e. The minimum atomic E-state index is -4.54. The highest BCUT2D eigenvalue weighted by atomic mass is 32.2. The number of nitrogens with zero attached hydrogens (tertiary/aromatic N) is 1. The van der Waals surface area contributed by atoms with Crippen LogP contribution in [0, 0.1) is 0 Å². The molecule has 0 radical (unpaired) electrons. The normalized spacial score (nSPS) is 11.7. The van der Waals surface area contributed by atoms with E-state index in [9.17, 15) is 18.3 Å². The molecule has 0 saturated carbocycles. The molecule has 1 rings (SSSR count). The third kappa shape index (κ3) is 2.10. The highest BCUT2D eigenvalue weighted by Crippen LogP contribution is 2.24. The zero-order valence-corrected chi connectivity index (χ0v) is 9.78. The van der Waals surface area contributed by atoms with Crippen LogP contribution in [0.25, 0.3) is 0 Å². The topological polar surface area (TPSA) is 96.6 Å². The van der Waals surface area contributed by atoms with Gasteiger partial charge in [0.2, 0.25) is 5.88 Å². The third-order valence-corrected chi connectivity index (χ3v) is 3.23. The minimum absolute atomic E-state index is 0.106. The number of rotatable bonds is 3. The lowest BCUT2D eigenvalue weighted by Gasteiger charge is -2.11. The Bertz CT molecular complexity index is 558. The molecular formula is C9H13NO5S. The summed E-state index contributed by atoms with van der Waals surface area (Å²) in [5.74, 6) is -0.714. The highest BCUT2D eigenvalue weighted by molar-refractivity contribution is 7.86. The second kappa shape index (κ2) is 4.26. The molecule has 7 heteroatoms. The standard InChI is InChI=1S/C9H13NO5S/c1-3-6-5-7(11)10(4-2)9(12)8(6)16(13,14)15/h5,12H,3-4H2,1-2H3,(H,13,14,15). The lowest BCUT2D eigenvalue weighted by Crippen LogP contribution is -2.22. The summed E-state index contributed by atoms with van der Waals surface area (Å²) in [7, 11) is -4.54. The van der Waals surface area contributed by atoms with Crippen LogP contribution in [0.4, 0.5) is 0 Å². The lowest BCUT2D eigenvalue weighted by molar-refractivity contribution is 0.386. The molecule has 0 spiro atoms. The van der Waals surface area contributed by atoms with Gasteiger partial charge in [-0.15, -0.1) is 0 Å². The fourth-order valence-corrected chi connectivity index (χ4v) is 2.39. The van der Waals surface area contributed by atoms with E-state index in [1.165, 1.54) is 0 Å². The summed E-state index contributed by atoms with van der Waals surface area (Å²) in [5, 5.41) is 9.64. The predicted octanol–water partition coefficient (Wildman–Crippen LogP) is 0.383.